The molecule has 1 aliphatic heterocycles. The van der Waals surface area contributed by atoms with Gasteiger partial charge in [0.05, 0.1) is 24.7 Å². The third-order valence-electron chi connectivity index (χ3n) is 6.29. The number of carboxylic acid groups (broad SMARTS) is 1. The Morgan fingerprint density at radius 1 is 1.29 bits per heavy atom. The second-order valence-corrected chi connectivity index (χ2v) is 9.25. The van der Waals surface area contributed by atoms with Gasteiger partial charge in [0.25, 0.3) is 5.91 Å². The molecule has 0 atom stereocenters. The first-order chi connectivity index (χ1) is 17.9. The number of likely N-dealkylation sites (tertiary alicyclic amines) is 1. The number of halogens is 3. The first kappa shape index (κ1) is 29.0. The zero-order chi connectivity index (χ0) is 28.0. The number of nitrogens with zero attached hydrogens (tertiary/aromatic N) is 5. The fraction of sp³-hybridized carbons (Fsp3) is 0.520. The van der Waals surface area contributed by atoms with E-state index in [1.165, 1.54) is 0 Å². The number of carbonyl (C=O) groups is 2. The van der Waals surface area contributed by atoms with Crippen molar-refractivity contribution in [2.24, 2.45) is 0 Å². The Morgan fingerprint density at radius 2 is 1.95 bits per heavy atom. The van der Waals surface area contributed by atoms with Crippen LogP contribution in [-0.4, -0.2) is 83.0 Å². The monoisotopic (exact) mass is 539 g/mol. The van der Waals surface area contributed by atoms with Crippen molar-refractivity contribution >= 4 is 28.7 Å². The minimum absolute atomic E-state index is 0.0373. The van der Waals surface area contributed by atoms with Crippen LogP contribution in [0.4, 0.5) is 19.0 Å². The van der Waals surface area contributed by atoms with Crippen molar-refractivity contribution in [3.8, 4) is 0 Å². The molecule has 10 nitrogen and oxygen atoms in total. The Kier molecular flexibility index (Phi) is 9.36. The van der Waals surface area contributed by atoms with Gasteiger partial charge in [-0.05, 0) is 44.9 Å². The maximum Gasteiger partial charge on any atom is 0.490 e. The lowest BCUT2D eigenvalue weighted by molar-refractivity contribution is -0.192. The smallest absolute Gasteiger partial charge is 0.475 e. The second kappa shape index (κ2) is 12.3. The predicted molar refractivity (Wildman–Crippen MR) is 133 cm³/mol. The molecule has 38 heavy (non-hydrogen) atoms. The average molecular weight is 540 g/mol. The van der Waals surface area contributed by atoms with Crippen LogP contribution in [0.1, 0.15) is 54.9 Å². The molecule has 1 N–H and O–H groups in total. The van der Waals surface area contributed by atoms with Gasteiger partial charge >= 0.3 is 12.1 Å². The van der Waals surface area contributed by atoms with Crippen LogP contribution in [0.5, 0.6) is 0 Å². The molecule has 0 aliphatic carbocycles. The number of hydrogen-bond donors (Lipinski definition) is 1. The van der Waals surface area contributed by atoms with Gasteiger partial charge in [-0.1, -0.05) is 0 Å². The summed E-state index contributed by atoms with van der Waals surface area (Å²) in [4.78, 5) is 35.2. The quantitative estimate of drug-likeness (QED) is 0.472. The van der Waals surface area contributed by atoms with Gasteiger partial charge in [0.15, 0.2) is 11.6 Å². The van der Waals surface area contributed by atoms with E-state index in [-0.39, 0.29) is 5.91 Å². The number of aromatic nitrogens is 3. The highest BCUT2D eigenvalue weighted by molar-refractivity contribution is 5.91. The molecule has 0 saturated carbocycles. The molecule has 1 aliphatic rings. The highest BCUT2D eigenvalue weighted by atomic mass is 19.4. The molecule has 0 unspecified atom stereocenters. The fourth-order valence-electron chi connectivity index (χ4n) is 4.19. The number of methoxy groups -OCH3 is 1. The molecular formula is C25H32F3N5O5. The lowest BCUT2D eigenvalue weighted by atomic mass is 9.92. The Hall–Kier alpha value is -3.61. The summed E-state index contributed by atoms with van der Waals surface area (Å²) in [5.41, 5.74) is 3.09. The number of carbonyl (C=O) groups excluding carboxylic acids is 1. The minimum atomic E-state index is -5.08. The lowest BCUT2D eigenvalue weighted by Crippen LogP contribution is -2.38. The summed E-state index contributed by atoms with van der Waals surface area (Å²) < 4.78 is 44.5. The molecule has 13 heteroatoms. The number of rotatable bonds is 7. The van der Waals surface area contributed by atoms with Gasteiger partial charge in [0.1, 0.15) is 5.52 Å². The first-order valence-corrected chi connectivity index (χ1v) is 12.1. The van der Waals surface area contributed by atoms with Crippen LogP contribution >= 0.6 is 0 Å². The molecule has 3 aromatic rings. The number of furan rings is 1. The molecule has 0 bridgehead atoms. The van der Waals surface area contributed by atoms with Crippen molar-refractivity contribution < 1.29 is 37.0 Å². The van der Waals surface area contributed by atoms with Gasteiger partial charge < -0.3 is 28.6 Å². The van der Waals surface area contributed by atoms with Crippen LogP contribution in [0.3, 0.4) is 0 Å². The Labute approximate surface area is 218 Å². The maximum atomic E-state index is 12.6. The number of amides is 1. The average Bonchev–Trinajstić information content (AvgIpc) is 3.56. The molecule has 0 spiro atoms. The fourth-order valence-corrected chi connectivity index (χ4v) is 4.19. The number of anilines is 1. The number of piperidine rings is 1. The van der Waals surface area contributed by atoms with Crippen LogP contribution < -0.4 is 4.90 Å². The number of pyridine rings is 1. The number of carboxylic acids is 1. The summed E-state index contributed by atoms with van der Waals surface area (Å²) in [6.07, 6.45) is 0.113. The maximum absolute atomic E-state index is 12.6. The summed E-state index contributed by atoms with van der Waals surface area (Å²) in [6.45, 7) is 7.09. The van der Waals surface area contributed by atoms with Crippen molar-refractivity contribution in [1.29, 1.82) is 0 Å². The van der Waals surface area contributed by atoms with Crippen LogP contribution in [0, 0.1) is 0 Å². The summed E-state index contributed by atoms with van der Waals surface area (Å²) >= 11 is 0. The van der Waals surface area contributed by atoms with Crippen molar-refractivity contribution in [2.75, 3.05) is 45.3 Å². The van der Waals surface area contributed by atoms with E-state index in [2.05, 4.69) is 34.4 Å². The standard InChI is InChI=1S/C23H31N5O3.C2HF3O2/c1-16(2)28-15-24-21-19(28)14-18(25-22(21)26(3)11-13-30-4)17-7-9-27(10-8-17)23(29)20-6-5-12-31-20;3-2(4,5)1(6)7/h5-6,12,14-17H,7-11,13H2,1-4H3;(H,6,7). The van der Waals surface area contributed by atoms with Gasteiger partial charge in [-0.25, -0.2) is 14.8 Å². The van der Waals surface area contributed by atoms with Gasteiger partial charge in [0.2, 0.25) is 0 Å². The number of hydrogen-bond acceptors (Lipinski definition) is 7. The topological polar surface area (TPSA) is 114 Å². The van der Waals surface area contributed by atoms with Gasteiger partial charge in [-0.3, -0.25) is 4.79 Å². The summed E-state index contributed by atoms with van der Waals surface area (Å²) in [7, 11) is 3.74. The lowest BCUT2D eigenvalue weighted by Gasteiger charge is -2.31. The Bertz CT molecular complexity index is 1220. The van der Waals surface area contributed by atoms with Crippen LogP contribution in [0.25, 0.3) is 11.0 Å². The van der Waals surface area contributed by atoms with Gasteiger partial charge in [-0.15, -0.1) is 0 Å². The van der Waals surface area contributed by atoms with Crippen LogP contribution in [0.2, 0.25) is 0 Å². The van der Waals surface area contributed by atoms with E-state index in [4.69, 9.17) is 24.0 Å². The van der Waals surface area contributed by atoms with Crippen LogP contribution in [-0.2, 0) is 9.53 Å². The molecule has 1 amide bonds. The number of alkyl halides is 3. The number of likely N-dealkylation sites (N-methyl/N-ethyl adjacent to an activating group) is 1. The highest BCUT2D eigenvalue weighted by Gasteiger charge is 2.38. The SMILES string of the molecule is COCCN(C)c1nc(C2CCN(C(=O)c3ccco3)CC2)cc2c1ncn2C(C)C.O=C(O)C(F)(F)F. The number of fused-ring (bicyclic) bond motifs is 1. The van der Waals surface area contributed by atoms with E-state index < -0.39 is 12.1 Å². The highest BCUT2D eigenvalue weighted by Crippen LogP contribution is 2.33. The largest absolute Gasteiger partial charge is 0.490 e. The molecule has 1 fully saturated rings. The van der Waals surface area contributed by atoms with Gasteiger partial charge in [0, 0.05) is 51.4 Å². The normalized spacial score (nSPS) is 14.5. The number of imidazole rings is 1. The molecule has 208 valence electrons. The molecule has 3 aromatic heterocycles. The van der Waals surface area contributed by atoms with E-state index >= 15 is 0 Å². The Balaban J connectivity index is 0.000000505. The summed E-state index contributed by atoms with van der Waals surface area (Å²) in [5, 5.41) is 7.12. The van der Waals surface area contributed by atoms with Gasteiger partial charge in [-0.2, -0.15) is 13.2 Å². The van der Waals surface area contributed by atoms with E-state index in [1.807, 2.05) is 18.3 Å². The third kappa shape index (κ3) is 6.82. The molecule has 1 saturated heterocycles. The molecule has 0 aromatic carbocycles. The van der Waals surface area contributed by atoms with Crippen molar-refractivity contribution in [1.82, 2.24) is 19.4 Å². The van der Waals surface area contributed by atoms with Crippen molar-refractivity contribution in [3.63, 3.8) is 0 Å². The Morgan fingerprint density at radius 3 is 2.47 bits per heavy atom. The molecule has 4 heterocycles. The minimum Gasteiger partial charge on any atom is -0.475 e. The molecule has 0 radical (unpaired) electrons. The molecule has 4 rings (SSSR count). The zero-order valence-electron chi connectivity index (χ0n) is 21.7. The van der Waals surface area contributed by atoms with E-state index in [0.29, 0.717) is 37.4 Å². The van der Waals surface area contributed by atoms with Crippen LogP contribution in [0.15, 0.2) is 35.2 Å². The van der Waals surface area contributed by atoms with Crippen molar-refractivity contribution in [2.45, 2.75) is 44.8 Å². The first-order valence-electron chi connectivity index (χ1n) is 12.1. The number of ether oxygens (including phenoxy) is 1. The van der Waals surface area contributed by atoms with E-state index in [0.717, 1.165) is 41.9 Å². The summed E-state index contributed by atoms with van der Waals surface area (Å²) in [5.74, 6) is -1.20. The third-order valence-corrected chi connectivity index (χ3v) is 6.29. The van der Waals surface area contributed by atoms with E-state index in [9.17, 15) is 18.0 Å². The van der Waals surface area contributed by atoms with Crippen molar-refractivity contribution in [3.05, 3.63) is 42.2 Å². The predicted octanol–water partition coefficient (Wildman–Crippen LogP) is 4.34. The number of aliphatic carboxylic acids is 1. The molecular weight excluding hydrogens is 507 g/mol. The van der Waals surface area contributed by atoms with E-state index in [1.54, 1.807) is 25.5 Å². The zero-order valence-corrected chi connectivity index (χ0v) is 21.7. The second-order valence-electron chi connectivity index (χ2n) is 9.25. The summed E-state index contributed by atoms with van der Waals surface area (Å²) in [6, 6.07) is 5.97.